The Kier molecular flexibility index (Phi) is 8.14. The lowest BCUT2D eigenvalue weighted by Gasteiger charge is -2.42. The van der Waals surface area contributed by atoms with E-state index in [-0.39, 0.29) is 49.9 Å². The normalized spacial score (nSPS) is 15.9. The summed E-state index contributed by atoms with van der Waals surface area (Å²) in [5.74, 6) is -0.501. The summed E-state index contributed by atoms with van der Waals surface area (Å²) in [6.07, 6.45) is -3.38. The number of nitriles is 1. The van der Waals surface area contributed by atoms with Crippen molar-refractivity contribution in [3.05, 3.63) is 53.2 Å². The molecule has 1 aliphatic rings. The SMILES string of the molecule is COCCNC(=O)C1CN(C(=O)c2ccc(OC)nc2)CCN1c1ccc(C#N)c(C(F)(F)F)c1. The molecular weight excluding hydrogens is 467 g/mol. The number of piperazine rings is 1. The molecule has 0 aliphatic carbocycles. The molecule has 0 bridgehead atoms. The van der Waals surface area contributed by atoms with E-state index < -0.39 is 29.3 Å². The topological polar surface area (TPSA) is 108 Å². The van der Waals surface area contributed by atoms with Crippen molar-refractivity contribution in [1.82, 2.24) is 15.2 Å². The van der Waals surface area contributed by atoms with E-state index >= 15 is 0 Å². The third-order valence-electron chi connectivity index (χ3n) is 5.53. The van der Waals surface area contributed by atoms with Gasteiger partial charge in [0.25, 0.3) is 5.91 Å². The number of nitrogens with zero attached hydrogens (tertiary/aromatic N) is 4. The van der Waals surface area contributed by atoms with Crippen LogP contribution in [-0.4, -0.2) is 74.7 Å². The van der Waals surface area contributed by atoms with Crippen molar-refractivity contribution in [2.24, 2.45) is 0 Å². The van der Waals surface area contributed by atoms with Gasteiger partial charge < -0.3 is 24.6 Å². The van der Waals surface area contributed by atoms with Gasteiger partial charge in [-0.25, -0.2) is 4.98 Å². The molecule has 1 atom stereocenters. The summed E-state index contributed by atoms with van der Waals surface area (Å²) in [6.45, 7) is 0.630. The number of amides is 2. The maximum atomic E-state index is 13.5. The highest BCUT2D eigenvalue weighted by molar-refractivity contribution is 5.95. The predicted octanol–water partition coefficient (Wildman–Crippen LogP) is 2.07. The summed E-state index contributed by atoms with van der Waals surface area (Å²) in [6, 6.07) is 6.97. The highest BCUT2D eigenvalue weighted by Gasteiger charge is 2.38. The third-order valence-corrected chi connectivity index (χ3v) is 5.53. The number of halogens is 3. The van der Waals surface area contributed by atoms with Gasteiger partial charge in [0.05, 0.1) is 43.0 Å². The Morgan fingerprint density at radius 2 is 2.00 bits per heavy atom. The largest absolute Gasteiger partial charge is 0.481 e. The maximum Gasteiger partial charge on any atom is 0.417 e. The summed E-state index contributed by atoms with van der Waals surface area (Å²) in [5, 5.41) is 11.8. The van der Waals surface area contributed by atoms with Crippen LogP contribution in [0.4, 0.5) is 18.9 Å². The van der Waals surface area contributed by atoms with Crippen LogP contribution in [0, 0.1) is 11.3 Å². The molecule has 0 spiro atoms. The standard InChI is InChI=1S/C23H24F3N5O4/c1-34-10-7-28-21(32)19-14-30(22(33)16-4-6-20(35-2)29-13-16)8-9-31(19)17-5-3-15(12-27)18(11-17)23(24,25)26/h3-6,11,13,19H,7-10,14H2,1-2H3,(H,28,32). The minimum atomic E-state index is -4.74. The first-order valence-electron chi connectivity index (χ1n) is 10.6. The Hall–Kier alpha value is -3.85. The molecule has 2 amide bonds. The average molecular weight is 491 g/mol. The minimum absolute atomic E-state index is 0.0645. The molecule has 1 aliphatic heterocycles. The molecule has 3 rings (SSSR count). The third kappa shape index (κ3) is 5.99. The smallest absolute Gasteiger partial charge is 0.417 e. The number of rotatable bonds is 7. The van der Waals surface area contributed by atoms with Crippen molar-refractivity contribution in [3.63, 3.8) is 0 Å². The summed E-state index contributed by atoms with van der Waals surface area (Å²) in [5.41, 5.74) is -1.18. The van der Waals surface area contributed by atoms with Crippen LogP contribution in [0.1, 0.15) is 21.5 Å². The zero-order valence-electron chi connectivity index (χ0n) is 19.1. The van der Waals surface area contributed by atoms with Gasteiger partial charge in [0.1, 0.15) is 6.04 Å². The highest BCUT2D eigenvalue weighted by Crippen LogP contribution is 2.35. The van der Waals surface area contributed by atoms with Gasteiger partial charge in [-0.15, -0.1) is 0 Å². The fourth-order valence-electron chi connectivity index (χ4n) is 3.75. The number of carbonyl (C=O) groups excluding carboxylic acids is 2. The van der Waals surface area contributed by atoms with Crippen LogP contribution < -0.4 is 15.0 Å². The fourth-order valence-corrected chi connectivity index (χ4v) is 3.75. The van der Waals surface area contributed by atoms with Crippen LogP contribution in [0.15, 0.2) is 36.5 Å². The molecule has 1 fully saturated rings. The molecule has 1 N–H and O–H groups in total. The van der Waals surface area contributed by atoms with E-state index in [1.54, 1.807) is 12.1 Å². The van der Waals surface area contributed by atoms with Gasteiger partial charge in [-0.05, 0) is 24.3 Å². The number of anilines is 1. The van der Waals surface area contributed by atoms with E-state index in [1.165, 1.54) is 42.3 Å². The van der Waals surface area contributed by atoms with E-state index in [1.807, 2.05) is 0 Å². The number of nitrogens with one attached hydrogen (secondary N) is 1. The molecule has 9 nitrogen and oxygen atoms in total. The van der Waals surface area contributed by atoms with Crippen molar-refractivity contribution in [2.75, 3.05) is 51.9 Å². The first kappa shape index (κ1) is 25.8. The van der Waals surface area contributed by atoms with Crippen molar-refractivity contribution in [3.8, 4) is 11.9 Å². The Morgan fingerprint density at radius 3 is 2.60 bits per heavy atom. The number of benzene rings is 1. The zero-order valence-corrected chi connectivity index (χ0v) is 19.1. The average Bonchev–Trinajstić information content (AvgIpc) is 2.87. The number of pyridine rings is 1. The summed E-state index contributed by atoms with van der Waals surface area (Å²) in [4.78, 5) is 33.0. The lowest BCUT2D eigenvalue weighted by Crippen LogP contribution is -2.60. The van der Waals surface area contributed by atoms with E-state index in [9.17, 15) is 22.8 Å². The lowest BCUT2D eigenvalue weighted by molar-refractivity contribution is -0.137. The second-order valence-electron chi connectivity index (χ2n) is 7.67. The molecule has 2 heterocycles. The summed E-state index contributed by atoms with van der Waals surface area (Å²) < 4.78 is 50.5. The molecule has 1 saturated heterocycles. The molecular formula is C23H24F3N5O4. The molecule has 186 valence electrons. The first-order valence-corrected chi connectivity index (χ1v) is 10.6. The van der Waals surface area contributed by atoms with Crippen molar-refractivity contribution >= 4 is 17.5 Å². The van der Waals surface area contributed by atoms with Gasteiger partial charge in [-0.3, -0.25) is 9.59 Å². The number of methoxy groups -OCH3 is 2. The van der Waals surface area contributed by atoms with E-state index in [4.69, 9.17) is 14.7 Å². The molecule has 2 aromatic rings. The van der Waals surface area contributed by atoms with Gasteiger partial charge in [-0.1, -0.05) is 0 Å². The van der Waals surface area contributed by atoms with E-state index in [0.29, 0.717) is 5.88 Å². The number of aromatic nitrogens is 1. The second-order valence-corrected chi connectivity index (χ2v) is 7.67. The lowest BCUT2D eigenvalue weighted by atomic mass is 10.0. The number of carbonyl (C=O) groups is 2. The maximum absolute atomic E-state index is 13.5. The van der Waals surface area contributed by atoms with E-state index in [0.717, 1.165) is 12.1 Å². The quantitative estimate of drug-likeness (QED) is 0.591. The van der Waals surface area contributed by atoms with Crippen LogP contribution in [0.2, 0.25) is 0 Å². The fraction of sp³-hybridized carbons (Fsp3) is 0.391. The monoisotopic (exact) mass is 491 g/mol. The van der Waals surface area contributed by atoms with Crippen LogP contribution in [0.5, 0.6) is 5.88 Å². The summed E-state index contributed by atoms with van der Waals surface area (Å²) >= 11 is 0. The van der Waals surface area contributed by atoms with Crippen molar-refractivity contribution in [1.29, 1.82) is 5.26 Å². The van der Waals surface area contributed by atoms with Crippen LogP contribution >= 0.6 is 0 Å². The van der Waals surface area contributed by atoms with Gasteiger partial charge in [-0.2, -0.15) is 18.4 Å². The Morgan fingerprint density at radius 1 is 1.23 bits per heavy atom. The van der Waals surface area contributed by atoms with Gasteiger partial charge in [0, 0.05) is 44.7 Å². The Labute approximate surface area is 200 Å². The predicted molar refractivity (Wildman–Crippen MR) is 119 cm³/mol. The van der Waals surface area contributed by atoms with E-state index in [2.05, 4.69) is 10.3 Å². The van der Waals surface area contributed by atoms with Crippen molar-refractivity contribution in [2.45, 2.75) is 12.2 Å². The Bertz CT molecular complexity index is 1100. The van der Waals surface area contributed by atoms with Gasteiger partial charge >= 0.3 is 6.18 Å². The highest BCUT2D eigenvalue weighted by atomic mass is 19.4. The molecule has 0 saturated carbocycles. The molecule has 1 aromatic carbocycles. The molecule has 35 heavy (non-hydrogen) atoms. The second kappa shape index (κ2) is 11.1. The number of hydrogen-bond acceptors (Lipinski definition) is 7. The minimum Gasteiger partial charge on any atom is -0.481 e. The zero-order chi connectivity index (χ0) is 25.6. The molecule has 0 radical (unpaired) electrons. The van der Waals surface area contributed by atoms with Crippen LogP contribution in [-0.2, 0) is 15.7 Å². The molecule has 12 heteroatoms. The van der Waals surface area contributed by atoms with Crippen LogP contribution in [0.25, 0.3) is 0 Å². The van der Waals surface area contributed by atoms with Crippen LogP contribution in [0.3, 0.4) is 0 Å². The van der Waals surface area contributed by atoms with Gasteiger partial charge in [0.2, 0.25) is 11.8 Å². The molecule has 1 aromatic heterocycles. The summed E-state index contributed by atoms with van der Waals surface area (Å²) in [7, 11) is 2.92. The number of alkyl halides is 3. The van der Waals surface area contributed by atoms with Gasteiger partial charge in [0.15, 0.2) is 0 Å². The Balaban J connectivity index is 1.90. The van der Waals surface area contributed by atoms with Crippen molar-refractivity contribution < 1.29 is 32.2 Å². The first-order chi connectivity index (χ1) is 16.7. The molecule has 1 unspecified atom stereocenters. The number of ether oxygens (including phenoxy) is 2. The number of hydrogen-bond donors (Lipinski definition) is 1.